The molecule has 0 amide bonds. The van der Waals surface area contributed by atoms with Gasteiger partial charge in [-0.05, 0) is 36.0 Å². The molecule has 0 radical (unpaired) electrons. The van der Waals surface area contributed by atoms with E-state index in [1.165, 1.54) is 25.7 Å². The normalized spacial score (nSPS) is 16.6. The number of hydrogen-bond donors (Lipinski definition) is 1. The molecule has 0 aliphatic heterocycles. The fourth-order valence-electron chi connectivity index (χ4n) is 2.35. The molecule has 2 N–H and O–H groups in total. The summed E-state index contributed by atoms with van der Waals surface area (Å²) in [4.78, 5) is 0. The molecule has 0 saturated heterocycles. The molecule has 1 fully saturated rings. The fraction of sp³-hybridized carbons (Fsp3) is 0.571. The average Bonchev–Trinajstić information content (AvgIpc) is 2.84. The molecule has 1 aliphatic carbocycles. The molecule has 1 aromatic rings. The van der Waals surface area contributed by atoms with Crippen molar-refractivity contribution >= 4 is 11.6 Å². The van der Waals surface area contributed by atoms with Gasteiger partial charge in [0.1, 0.15) is 0 Å². The van der Waals surface area contributed by atoms with Crippen LogP contribution in [0.25, 0.3) is 0 Å². The van der Waals surface area contributed by atoms with Crippen LogP contribution in [-0.4, -0.2) is 6.61 Å². The van der Waals surface area contributed by atoms with Gasteiger partial charge in [-0.2, -0.15) is 0 Å². The van der Waals surface area contributed by atoms with Crippen molar-refractivity contribution in [1.82, 2.24) is 0 Å². The minimum absolute atomic E-state index is 0.531. The van der Waals surface area contributed by atoms with Crippen molar-refractivity contribution in [2.45, 2.75) is 38.8 Å². The zero-order valence-electron chi connectivity index (χ0n) is 10.1. The highest BCUT2D eigenvalue weighted by molar-refractivity contribution is 6.31. The van der Waals surface area contributed by atoms with E-state index in [-0.39, 0.29) is 0 Å². The van der Waals surface area contributed by atoms with Gasteiger partial charge in [-0.15, -0.1) is 0 Å². The Morgan fingerprint density at radius 1 is 1.29 bits per heavy atom. The van der Waals surface area contributed by atoms with E-state index in [1.807, 2.05) is 18.2 Å². The molecule has 2 nitrogen and oxygen atoms in total. The number of nitrogens with two attached hydrogens (primary N) is 1. The smallest absolute Gasteiger partial charge is 0.0731 e. The summed E-state index contributed by atoms with van der Waals surface area (Å²) < 4.78 is 5.74. The molecule has 0 aromatic heterocycles. The summed E-state index contributed by atoms with van der Waals surface area (Å²) >= 11 is 6.17. The monoisotopic (exact) mass is 253 g/mol. The Hall–Kier alpha value is -0.570. The van der Waals surface area contributed by atoms with E-state index in [0.717, 1.165) is 28.7 Å². The molecule has 0 atom stereocenters. The fourth-order valence-corrected chi connectivity index (χ4v) is 2.61. The zero-order valence-corrected chi connectivity index (χ0v) is 10.9. The zero-order chi connectivity index (χ0) is 12.1. The number of ether oxygens (including phenoxy) is 1. The van der Waals surface area contributed by atoms with Gasteiger partial charge in [0.05, 0.1) is 6.61 Å². The maximum absolute atomic E-state index is 6.17. The third-order valence-corrected chi connectivity index (χ3v) is 3.79. The lowest BCUT2D eigenvalue weighted by Gasteiger charge is -2.11. The second-order valence-corrected chi connectivity index (χ2v) is 5.20. The maximum atomic E-state index is 6.17. The van der Waals surface area contributed by atoms with Crippen molar-refractivity contribution in [3.63, 3.8) is 0 Å². The predicted molar refractivity (Wildman–Crippen MR) is 71.0 cm³/mol. The van der Waals surface area contributed by atoms with Crippen molar-refractivity contribution in [3.05, 3.63) is 34.3 Å². The van der Waals surface area contributed by atoms with Gasteiger partial charge in [-0.3, -0.25) is 0 Å². The standard InChI is InChI=1S/C14H20ClNO/c15-14-7-12(8-16)5-6-13(14)10-17-9-11-3-1-2-4-11/h5-7,11H,1-4,8-10,16H2. The SMILES string of the molecule is NCc1ccc(COCC2CCCC2)c(Cl)c1. The third kappa shape index (κ3) is 3.70. The first-order valence-electron chi connectivity index (χ1n) is 6.34. The molecule has 3 heteroatoms. The molecule has 1 aliphatic rings. The van der Waals surface area contributed by atoms with E-state index in [2.05, 4.69) is 0 Å². The van der Waals surface area contributed by atoms with Crippen LogP contribution in [0.1, 0.15) is 36.8 Å². The molecule has 0 unspecified atom stereocenters. The highest BCUT2D eigenvalue weighted by Crippen LogP contribution is 2.25. The molecule has 2 rings (SSSR count). The lowest BCUT2D eigenvalue weighted by atomic mass is 10.1. The second kappa shape index (κ2) is 6.39. The largest absolute Gasteiger partial charge is 0.376 e. The third-order valence-electron chi connectivity index (χ3n) is 3.44. The van der Waals surface area contributed by atoms with Crippen molar-refractivity contribution in [2.75, 3.05) is 6.61 Å². The molecule has 0 heterocycles. The average molecular weight is 254 g/mol. The van der Waals surface area contributed by atoms with Crippen LogP contribution in [-0.2, 0) is 17.9 Å². The summed E-state index contributed by atoms with van der Waals surface area (Å²) in [5, 5.41) is 0.763. The number of hydrogen-bond acceptors (Lipinski definition) is 2. The molecule has 0 bridgehead atoms. The van der Waals surface area contributed by atoms with Gasteiger partial charge in [0.2, 0.25) is 0 Å². The summed E-state index contributed by atoms with van der Waals surface area (Å²) in [5.41, 5.74) is 7.68. The van der Waals surface area contributed by atoms with E-state index in [0.29, 0.717) is 13.2 Å². The highest BCUT2D eigenvalue weighted by atomic mass is 35.5. The van der Waals surface area contributed by atoms with Crippen molar-refractivity contribution < 1.29 is 4.74 Å². The second-order valence-electron chi connectivity index (χ2n) is 4.80. The summed E-state index contributed by atoms with van der Waals surface area (Å²) in [6, 6.07) is 5.95. The number of rotatable bonds is 5. The maximum Gasteiger partial charge on any atom is 0.0731 e. The summed E-state index contributed by atoms with van der Waals surface area (Å²) in [6.45, 7) is 2.01. The summed E-state index contributed by atoms with van der Waals surface area (Å²) in [6.07, 6.45) is 5.36. The van der Waals surface area contributed by atoms with E-state index < -0.39 is 0 Å². The van der Waals surface area contributed by atoms with Crippen molar-refractivity contribution in [1.29, 1.82) is 0 Å². The number of halogens is 1. The Bertz CT molecular complexity index is 361. The van der Waals surface area contributed by atoms with Crippen LogP contribution in [0, 0.1) is 5.92 Å². The van der Waals surface area contributed by atoms with Crippen LogP contribution in [0.2, 0.25) is 5.02 Å². The van der Waals surface area contributed by atoms with E-state index in [1.54, 1.807) is 0 Å². The Balaban J connectivity index is 1.81. The summed E-state index contributed by atoms with van der Waals surface area (Å²) in [5.74, 6) is 0.761. The number of benzene rings is 1. The Labute approximate surface area is 108 Å². The van der Waals surface area contributed by atoms with Crippen LogP contribution < -0.4 is 5.73 Å². The van der Waals surface area contributed by atoms with Gasteiger partial charge >= 0.3 is 0 Å². The van der Waals surface area contributed by atoms with Gasteiger partial charge in [0.15, 0.2) is 0 Å². The molecular weight excluding hydrogens is 234 g/mol. The Kier molecular flexibility index (Phi) is 4.84. The molecule has 1 saturated carbocycles. The van der Waals surface area contributed by atoms with E-state index in [9.17, 15) is 0 Å². The first-order valence-corrected chi connectivity index (χ1v) is 6.72. The lowest BCUT2D eigenvalue weighted by Crippen LogP contribution is -2.06. The summed E-state index contributed by atoms with van der Waals surface area (Å²) in [7, 11) is 0. The Morgan fingerprint density at radius 3 is 2.71 bits per heavy atom. The quantitative estimate of drug-likeness (QED) is 0.872. The first kappa shape index (κ1) is 12.9. The van der Waals surface area contributed by atoms with Gasteiger partial charge in [0, 0.05) is 18.2 Å². The van der Waals surface area contributed by atoms with Gasteiger partial charge < -0.3 is 10.5 Å². The van der Waals surface area contributed by atoms with Gasteiger partial charge in [-0.1, -0.05) is 36.6 Å². The van der Waals surface area contributed by atoms with Crippen LogP contribution in [0.4, 0.5) is 0 Å². The predicted octanol–water partition coefficient (Wildman–Crippen LogP) is 3.51. The molecule has 1 aromatic carbocycles. The van der Waals surface area contributed by atoms with Gasteiger partial charge in [-0.25, -0.2) is 0 Å². The van der Waals surface area contributed by atoms with E-state index in [4.69, 9.17) is 22.1 Å². The Morgan fingerprint density at radius 2 is 2.06 bits per heavy atom. The topological polar surface area (TPSA) is 35.2 Å². The first-order chi connectivity index (χ1) is 8.29. The minimum Gasteiger partial charge on any atom is -0.376 e. The molecule has 94 valence electrons. The van der Waals surface area contributed by atoms with Crippen LogP contribution in [0.3, 0.4) is 0 Å². The molecular formula is C14H20ClNO. The molecule has 0 spiro atoms. The highest BCUT2D eigenvalue weighted by Gasteiger charge is 2.14. The van der Waals surface area contributed by atoms with Crippen LogP contribution in [0.15, 0.2) is 18.2 Å². The van der Waals surface area contributed by atoms with Gasteiger partial charge in [0.25, 0.3) is 0 Å². The minimum atomic E-state index is 0.531. The van der Waals surface area contributed by atoms with Crippen molar-refractivity contribution in [2.24, 2.45) is 11.7 Å². The lowest BCUT2D eigenvalue weighted by molar-refractivity contribution is 0.0889. The van der Waals surface area contributed by atoms with Crippen LogP contribution >= 0.6 is 11.6 Å². The van der Waals surface area contributed by atoms with Crippen molar-refractivity contribution in [3.8, 4) is 0 Å². The molecule has 17 heavy (non-hydrogen) atoms. The van der Waals surface area contributed by atoms with E-state index >= 15 is 0 Å². The van der Waals surface area contributed by atoms with Crippen LogP contribution in [0.5, 0.6) is 0 Å².